The Hall–Kier alpha value is -2.68. The van der Waals surface area contributed by atoms with Crippen LogP contribution in [0.15, 0.2) is 60.9 Å². The van der Waals surface area contributed by atoms with Crippen molar-refractivity contribution in [3.05, 3.63) is 66.5 Å². The molecule has 0 saturated carbocycles. The van der Waals surface area contributed by atoms with Crippen molar-refractivity contribution in [1.29, 1.82) is 0 Å². The van der Waals surface area contributed by atoms with Gasteiger partial charge in [-0.15, -0.1) is 0 Å². The summed E-state index contributed by atoms with van der Waals surface area (Å²) in [6.45, 7) is 5.29. The number of nitrogens with zero attached hydrogens (tertiary/aromatic N) is 2. The van der Waals surface area contributed by atoms with Crippen LogP contribution >= 0.6 is 0 Å². The number of unbranched alkanes of at least 4 members (excludes halogenated alkanes) is 8. The molecule has 3 heteroatoms. The van der Waals surface area contributed by atoms with Crippen LogP contribution in [0.25, 0.3) is 22.5 Å². The summed E-state index contributed by atoms with van der Waals surface area (Å²) >= 11 is 0. The van der Waals surface area contributed by atoms with E-state index in [1.165, 1.54) is 63.4 Å². The summed E-state index contributed by atoms with van der Waals surface area (Å²) in [6, 6.07) is 16.8. The normalized spacial score (nSPS) is 11.0. The first-order valence-corrected chi connectivity index (χ1v) is 12.9. The largest absolute Gasteiger partial charge is 0.494 e. The Labute approximate surface area is 200 Å². The van der Waals surface area contributed by atoms with Crippen molar-refractivity contribution < 1.29 is 4.74 Å². The molecule has 0 N–H and O–H groups in total. The minimum atomic E-state index is 0.792. The van der Waals surface area contributed by atoms with E-state index < -0.39 is 0 Å². The molecule has 0 spiro atoms. The van der Waals surface area contributed by atoms with Crippen LogP contribution in [0, 0.1) is 0 Å². The average Bonchev–Trinajstić information content (AvgIpc) is 2.87. The fraction of sp³-hybridized carbons (Fsp3) is 0.467. The second kappa shape index (κ2) is 14.5. The molecule has 3 rings (SSSR count). The van der Waals surface area contributed by atoms with Gasteiger partial charge in [-0.05, 0) is 67.3 Å². The monoisotopic (exact) mass is 444 g/mol. The zero-order valence-corrected chi connectivity index (χ0v) is 20.6. The minimum Gasteiger partial charge on any atom is -0.494 e. The number of rotatable bonds is 15. The van der Waals surface area contributed by atoms with Gasteiger partial charge in [0, 0.05) is 23.5 Å². The summed E-state index contributed by atoms with van der Waals surface area (Å²) in [5.41, 5.74) is 5.42. The van der Waals surface area contributed by atoms with E-state index in [-0.39, 0.29) is 0 Å². The molecule has 0 unspecified atom stereocenters. The fourth-order valence-corrected chi connectivity index (χ4v) is 4.01. The molecule has 0 atom stereocenters. The van der Waals surface area contributed by atoms with Gasteiger partial charge in [-0.1, -0.05) is 71.3 Å². The summed E-state index contributed by atoms with van der Waals surface area (Å²) in [7, 11) is 0. The second-order valence-corrected chi connectivity index (χ2v) is 8.94. The van der Waals surface area contributed by atoms with E-state index in [4.69, 9.17) is 4.74 Å². The van der Waals surface area contributed by atoms with Crippen LogP contribution in [-0.2, 0) is 6.42 Å². The molecule has 176 valence electrons. The smallest absolute Gasteiger partial charge is 0.119 e. The Bertz CT molecular complexity index is 902. The van der Waals surface area contributed by atoms with Gasteiger partial charge in [0.15, 0.2) is 0 Å². The highest BCUT2D eigenvalue weighted by Crippen LogP contribution is 2.24. The van der Waals surface area contributed by atoms with Crippen molar-refractivity contribution in [2.45, 2.75) is 84.5 Å². The van der Waals surface area contributed by atoms with Gasteiger partial charge in [0.25, 0.3) is 0 Å². The van der Waals surface area contributed by atoms with Crippen LogP contribution in [0.4, 0.5) is 0 Å². The third-order valence-electron chi connectivity index (χ3n) is 6.12. The number of hydrogen-bond acceptors (Lipinski definition) is 3. The molecule has 0 saturated heterocycles. The number of pyridine rings is 2. The van der Waals surface area contributed by atoms with E-state index in [1.807, 2.05) is 24.5 Å². The molecule has 0 aliphatic rings. The highest BCUT2D eigenvalue weighted by atomic mass is 16.5. The summed E-state index contributed by atoms with van der Waals surface area (Å²) in [5.74, 6) is 0.931. The molecule has 0 aliphatic heterocycles. The van der Waals surface area contributed by atoms with Crippen LogP contribution in [-0.4, -0.2) is 16.6 Å². The van der Waals surface area contributed by atoms with Gasteiger partial charge in [0.1, 0.15) is 5.75 Å². The van der Waals surface area contributed by atoms with E-state index in [0.29, 0.717) is 0 Å². The molecule has 0 aliphatic carbocycles. The molecule has 0 radical (unpaired) electrons. The van der Waals surface area contributed by atoms with E-state index in [2.05, 4.69) is 60.2 Å². The Morgan fingerprint density at radius 1 is 0.576 bits per heavy atom. The molecule has 1 aromatic carbocycles. The summed E-state index contributed by atoms with van der Waals surface area (Å²) in [5, 5.41) is 0. The zero-order chi connectivity index (χ0) is 23.1. The number of ether oxygens (including phenoxy) is 1. The van der Waals surface area contributed by atoms with Crippen molar-refractivity contribution in [2.75, 3.05) is 6.61 Å². The van der Waals surface area contributed by atoms with Crippen molar-refractivity contribution in [3.63, 3.8) is 0 Å². The van der Waals surface area contributed by atoms with E-state index in [9.17, 15) is 0 Å². The quantitative estimate of drug-likeness (QED) is 0.220. The van der Waals surface area contributed by atoms with Gasteiger partial charge < -0.3 is 4.74 Å². The SMILES string of the molecule is CCCCCCCOc1ccc(-c2ccc(-c3ccc(CCCCCCC)cn3)cn2)cc1. The van der Waals surface area contributed by atoms with Gasteiger partial charge in [0.2, 0.25) is 0 Å². The van der Waals surface area contributed by atoms with Crippen LogP contribution < -0.4 is 4.74 Å². The van der Waals surface area contributed by atoms with E-state index >= 15 is 0 Å². The highest BCUT2D eigenvalue weighted by Gasteiger charge is 2.04. The van der Waals surface area contributed by atoms with Crippen LogP contribution in [0.3, 0.4) is 0 Å². The Balaban J connectivity index is 1.48. The predicted molar refractivity (Wildman–Crippen MR) is 140 cm³/mol. The van der Waals surface area contributed by atoms with Crippen molar-refractivity contribution >= 4 is 0 Å². The highest BCUT2D eigenvalue weighted by molar-refractivity contribution is 5.65. The summed E-state index contributed by atoms with van der Waals surface area (Å²) in [4.78, 5) is 9.35. The van der Waals surface area contributed by atoms with Crippen LogP contribution in [0.2, 0.25) is 0 Å². The standard InChI is InChI=1S/C30H40N2O/c1-3-5-7-9-11-13-25-14-20-30(31-23-25)27-17-21-29(32-24-27)26-15-18-28(19-16-26)33-22-12-10-8-6-4-2/h14-21,23-24H,3-13,22H2,1-2H3. The Morgan fingerprint density at radius 2 is 1.18 bits per heavy atom. The average molecular weight is 445 g/mol. The maximum atomic E-state index is 5.88. The van der Waals surface area contributed by atoms with Crippen molar-refractivity contribution in [2.24, 2.45) is 0 Å². The first-order chi connectivity index (χ1) is 16.3. The van der Waals surface area contributed by atoms with Crippen molar-refractivity contribution in [3.8, 4) is 28.3 Å². The van der Waals surface area contributed by atoms with Crippen LogP contribution in [0.5, 0.6) is 5.75 Å². The molecule has 0 amide bonds. The molecule has 33 heavy (non-hydrogen) atoms. The number of benzene rings is 1. The van der Waals surface area contributed by atoms with Gasteiger partial charge in [0.05, 0.1) is 18.0 Å². The first kappa shape index (κ1) is 25.0. The van der Waals surface area contributed by atoms with Gasteiger partial charge >= 0.3 is 0 Å². The molecule has 0 fully saturated rings. The molecule has 3 aromatic rings. The number of aromatic nitrogens is 2. The summed E-state index contributed by atoms with van der Waals surface area (Å²) in [6.07, 6.45) is 17.9. The maximum Gasteiger partial charge on any atom is 0.119 e. The lowest BCUT2D eigenvalue weighted by atomic mass is 10.1. The number of hydrogen-bond donors (Lipinski definition) is 0. The van der Waals surface area contributed by atoms with Gasteiger partial charge in [-0.3, -0.25) is 9.97 Å². The topological polar surface area (TPSA) is 35.0 Å². The lowest BCUT2D eigenvalue weighted by Crippen LogP contribution is -1.97. The molecule has 0 bridgehead atoms. The molecular weight excluding hydrogens is 404 g/mol. The minimum absolute atomic E-state index is 0.792. The van der Waals surface area contributed by atoms with E-state index in [1.54, 1.807) is 0 Å². The Kier molecular flexibility index (Phi) is 10.9. The van der Waals surface area contributed by atoms with Crippen LogP contribution in [0.1, 0.15) is 83.6 Å². The van der Waals surface area contributed by atoms with Gasteiger partial charge in [-0.2, -0.15) is 0 Å². The number of aryl methyl sites for hydroxylation is 1. The maximum absolute atomic E-state index is 5.88. The summed E-state index contributed by atoms with van der Waals surface area (Å²) < 4.78 is 5.88. The van der Waals surface area contributed by atoms with Gasteiger partial charge in [-0.25, -0.2) is 0 Å². The third-order valence-corrected chi connectivity index (χ3v) is 6.12. The lowest BCUT2D eigenvalue weighted by Gasteiger charge is -2.08. The van der Waals surface area contributed by atoms with Crippen molar-refractivity contribution in [1.82, 2.24) is 9.97 Å². The fourth-order valence-electron chi connectivity index (χ4n) is 4.01. The molecule has 2 heterocycles. The van der Waals surface area contributed by atoms with E-state index in [0.717, 1.165) is 47.7 Å². The predicted octanol–water partition coefficient (Wildman–Crippen LogP) is 8.67. The zero-order valence-electron chi connectivity index (χ0n) is 20.6. The second-order valence-electron chi connectivity index (χ2n) is 8.94. The molecular formula is C30H40N2O. The third kappa shape index (κ3) is 8.64. The molecule has 2 aromatic heterocycles. The first-order valence-electron chi connectivity index (χ1n) is 12.9. The molecule has 3 nitrogen and oxygen atoms in total. The lowest BCUT2D eigenvalue weighted by molar-refractivity contribution is 0.304. The Morgan fingerprint density at radius 3 is 1.82 bits per heavy atom.